The van der Waals surface area contributed by atoms with Crippen LogP contribution in [0, 0.1) is 49.4 Å². The van der Waals surface area contributed by atoms with Crippen molar-refractivity contribution in [1.82, 2.24) is 4.90 Å². The first-order chi connectivity index (χ1) is 13.3. The highest BCUT2D eigenvalue weighted by Crippen LogP contribution is 2.65. The molecule has 2 saturated carbocycles. The van der Waals surface area contributed by atoms with Gasteiger partial charge in [-0.25, -0.2) is 0 Å². The molecule has 1 heterocycles. The van der Waals surface area contributed by atoms with Crippen LogP contribution >= 0.6 is 15.9 Å². The van der Waals surface area contributed by atoms with Gasteiger partial charge in [0, 0.05) is 10.2 Å². The second-order valence-electron chi connectivity index (χ2n) is 8.78. The molecule has 0 spiro atoms. The topological polar surface area (TPSA) is 66.5 Å². The van der Waals surface area contributed by atoms with E-state index in [1.54, 1.807) is 6.92 Å². The monoisotopic (exact) mass is 442 g/mol. The van der Waals surface area contributed by atoms with Crippen molar-refractivity contribution in [2.24, 2.45) is 35.5 Å². The van der Waals surface area contributed by atoms with Crippen molar-refractivity contribution in [3.63, 3.8) is 0 Å². The van der Waals surface area contributed by atoms with Crippen LogP contribution in [0.3, 0.4) is 0 Å². The van der Waals surface area contributed by atoms with Crippen LogP contribution < -0.4 is 5.32 Å². The number of likely N-dealkylation sites (tertiary alicyclic amines) is 1. The summed E-state index contributed by atoms with van der Waals surface area (Å²) in [5.74, 6) is 0.293. The summed E-state index contributed by atoms with van der Waals surface area (Å²) in [5, 5.41) is 2.91. The number of rotatable bonds is 3. The number of carbonyl (C=O) groups excluding carboxylic acids is 3. The maximum atomic E-state index is 13.2. The van der Waals surface area contributed by atoms with Crippen LogP contribution in [0.1, 0.15) is 24.5 Å². The van der Waals surface area contributed by atoms with Gasteiger partial charge in [0.1, 0.15) is 6.04 Å². The SMILES string of the molecule is Cc1cc(NC(=O)[C@H](C)N2C(=O)[C@@H]3[C@H]4C=C[C@@H]([C@@H]5C[C@@H]45)[C@@H]3C2=O)c(C)cc1Br. The number of nitrogens with zero attached hydrogens (tertiary/aromatic N) is 1. The summed E-state index contributed by atoms with van der Waals surface area (Å²) in [4.78, 5) is 40.5. The first kappa shape index (κ1) is 18.1. The highest BCUT2D eigenvalue weighted by Gasteiger charge is 2.67. The summed E-state index contributed by atoms with van der Waals surface area (Å²) >= 11 is 3.49. The molecule has 146 valence electrons. The normalized spacial score (nSPS) is 35.6. The number of anilines is 1. The Kier molecular flexibility index (Phi) is 3.89. The number of allylic oxidation sites excluding steroid dienone is 2. The number of hydrogen-bond donors (Lipinski definition) is 1. The van der Waals surface area contributed by atoms with Crippen LogP contribution in [-0.4, -0.2) is 28.7 Å². The third kappa shape index (κ3) is 2.39. The minimum absolute atomic E-state index is 0.161. The van der Waals surface area contributed by atoms with E-state index >= 15 is 0 Å². The number of amides is 3. The number of imide groups is 1. The Morgan fingerprint density at radius 1 is 1.07 bits per heavy atom. The summed E-state index contributed by atoms with van der Waals surface area (Å²) < 4.78 is 0.978. The van der Waals surface area contributed by atoms with Gasteiger partial charge in [-0.2, -0.15) is 0 Å². The van der Waals surface area contributed by atoms with Gasteiger partial charge >= 0.3 is 0 Å². The zero-order valence-electron chi connectivity index (χ0n) is 16.1. The molecule has 1 aromatic carbocycles. The summed E-state index contributed by atoms with van der Waals surface area (Å²) in [7, 11) is 0. The molecular formula is C22H23BrN2O3. The molecule has 6 rings (SSSR count). The molecule has 4 aliphatic carbocycles. The van der Waals surface area contributed by atoms with Crippen molar-refractivity contribution >= 4 is 39.3 Å². The van der Waals surface area contributed by atoms with E-state index < -0.39 is 6.04 Å². The quantitative estimate of drug-likeness (QED) is 0.575. The lowest BCUT2D eigenvalue weighted by Crippen LogP contribution is -2.46. The lowest BCUT2D eigenvalue weighted by Gasteiger charge is -2.37. The fraction of sp³-hybridized carbons (Fsp3) is 0.500. The largest absolute Gasteiger partial charge is 0.324 e. The number of hydrogen-bond acceptors (Lipinski definition) is 3. The molecule has 5 aliphatic rings. The molecule has 5 nitrogen and oxygen atoms in total. The minimum Gasteiger partial charge on any atom is -0.324 e. The van der Waals surface area contributed by atoms with Gasteiger partial charge in [-0.3, -0.25) is 19.3 Å². The Hall–Kier alpha value is -1.95. The van der Waals surface area contributed by atoms with Gasteiger partial charge in [-0.1, -0.05) is 28.1 Å². The Morgan fingerprint density at radius 2 is 1.64 bits per heavy atom. The second-order valence-corrected chi connectivity index (χ2v) is 9.64. The lowest BCUT2D eigenvalue weighted by atomic mass is 9.63. The summed E-state index contributed by atoms with van der Waals surface area (Å²) in [6.45, 7) is 5.52. The van der Waals surface area contributed by atoms with Crippen LogP contribution in [0.4, 0.5) is 5.69 Å². The molecule has 0 aromatic heterocycles. The van der Waals surface area contributed by atoms with Crippen LogP contribution in [0.25, 0.3) is 0 Å². The first-order valence-electron chi connectivity index (χ1n) is 9.92. The van der Waals surface area contributed by atoms with E-state index in [-0.39, 0.29) is 41.4 Å². The van der Waals surface area contributed by atoms with Crippen molar-refractivity contribution in [3.8, 4) is 0 Å². The number of benzene rings is 1. The highest BCUT2D eigenvalue weighted by atomic mass is 79.9. The van der Waals surface area contributed by atoms with Crippen LogP contribution in [0.2, 0.25) is 0 Å². The maximum Gasteiger partial charge on any atom is 0.247 e. The van der Waals surface area contributed by atoms with E-state index in [0.717, 1.165) is 22.0 Å². The van der Waals surface area contributed by atoms with Gasteiger partial charge in [0.2, 0.25) is 17.7 Å². The molecule has 7 atom stereocenters. The van der Waals surface area contributed by atoms with Gasteiger partial charge in [-0.05, 0) is 74.1 Å². The van der Waals surface area contributed by atoms with Gasteiger partial charge in [0.05, 0.1) is 11.8 Å². The first-order valence-corrected chi connectivity index (χ1v) is 10.7. The fourth-order valence-electron chi connectivity index (χ4n) is 5.63. The fourth-order valence-corrected chi connectivity index (χ4v) is 6.09. The third-order valence-electron chi connectivity index (χ3n) is 7.23. The average Bonchev–Trinajstić information content (AvgIpc) is 3.43. The third-order valence-corrected chi connectivity index (χ3v) is 8.08. The predicted octanol–water partition coefficient (Wildman–Crippen LogP) is 3.45. The van der Waals surface area contributed by atoms with Crippen molar-refractivity contribution < 1.29 is 14.4 Å². The van der Waals surface area contributed by atoms with E-state index in [1.165, 1.54) is 4.90 Å². The summed E-state index contributed by atoms with van der Waals surface area (Å²) in [6, 6.07) is 3.03. The number of halogens is 1. The van der Waals surface area contributed by atoms with Crippen LogP contribution in [0.5, 0.6) is 0 Å². The van der Waals surface area contributed by atoms with Crippen molar-refractivity contribution in [3.05, 3.63) is 39.9 Å². The van der Waals surface area contributed by atoms with Gasteiger partial charge < -0.3 is 5.32 Å². The minimum atomic E-state index is -0.815. The van der Waals surface area contributed by atoms with Gasteiger partial charge in [-0.15, -0.1) is 0 Å². The Morgan fingerprint density at radius 3 is 2.21 bits per heavy atom. The molecule has 2 bridgehead atoms. The summed E-state index contributed by atoms with van der Waals surface area (Å²) in [6.07, 6.45) is 5.43. The molecule has 6 heteroatoms. The number of aryl methyl sites for hydroxylation is 2. The molecule has 3 fully saturated rings. The van der Waals surface area contributed by atoms with Gasteiger partial charge in [0.15, 0.2) is 0 Å². The molecular weight excluding hydrogens is 420 g/mol. The van der Waals surface area contributed by atoms with Crippen molar-refractivity contribution in [2.75, 3.05) is 5.32 Å². The maximum absolute atomic E-state index is 13.2. The smallest absolute Gasteiger partial charge is 0.247 e. The van der Waals surface area contributed by atoms with Gasteiger partial charge in [0.25, 0.3) is 0 Å². The molecule has 1 aromatic rings. The van der Waals surface area contributed by atoms with E-state index in [9.17, 15) is 14.4 Å². The van der Waals surface area contributed by atoms with E-state index in [0.29, 0.717) is 17.5 Å². The molecule has 1 saturated heterocycles. The predicted molar refractivity (Wildman–Crippen MR) is 108 cm³/mol. The molecule has 1 N–H and O–H groups in total. The van der Waals surface area contributed by atoms with Crippen molar-refractivity contribution in [1.29, 1.82) is 0 Å². The highest BCUT2D eigenvalue weighted by molar-refractivity contribution is 9.10. The van der Waals surface area contributed by atoms with E-state index in [1.807, 2.05) is 26.0 Å². The van der Waals surface area contributed by atoms with E-state index in [4.69, 9.17) is 0 Å². The van der Waals surface area contributed by atoms with Crippen LogP contribution in [-0.2, 0) is 14.4 Å². The lowest BCUT2D eigenvalue weighted by molar-refractivity contribution is -0.146. The molecule has 3 amide bonds. The zero-order valence-corrected chi connectivity index (χ0v) is 17.7. The Labute approximate surface area is 172 Å². The Balaban J connectivity index is 1.38. The standard InChI is InChI=1S/C22H23BrN2O3/c1-9-7-17(10(2)6-16(9)23)24-20(26)11(3)25-21(27)18-12-4-5-13(15-8-14(12)15)19(18)22(25)28/h4-7,11-15,18-19H,8H2,1-3H3,(H,24,26)/t11-,12-,13-,14-,15-,18-,19+/m0/s1. The van der Waals surface area contributed by atoms with Crippen LogP contribution in [0.15, 0.2) is 28.8 Å². The molecule has 1 aliphatic heterocycles. The van der Waals surface area contributed by atoms with E-state index in [2.05, 4.69) is 33.4 Å². The zero-order chi connectivity index (χ0) is 19.9. The molecule has 0 radical (unpaired) electrons. The van der Waals surface area contributed by atoms with Crippen molar-refractivity contribution in [2.45, 2.75) is 33.2 Å². The average molecular weight is 443 g/mol. The summed E-state index contributed by atoms with van der Waals surface area (Å²) in [5.41, 5.74) is 2.64. The molecule has 0 unspecified atom stereocenters. The number of nitrogens with one attached hydrogen (secondary N) is 1. The Bertz CT molecular complexity index is 919. The number of carbonyl (C=O) groups is 3. The second kappa shape index (κ2) is 6.02. The molecule has 28 heavy (non-hydrogen) atoms.